The standard InChI is InChI=1S/C14H15N3O3/c1-8-11(18)9-6-4-5-7-10(9)17-12(8)15(2)13(19)16(3)14(17)20/h4-8,12H,1-3H3. The summed E-state index contributed by atoms with van der Waals surface area (Å²) in [6, 6.07) is 6.22. The minimum atomic E-state index is -0.561. The first kappa shape index (κ1) is 12.7. The van der Waals surface area contributed by atoms with E-state index in [1.54, 1.807) is 38.2 Å². The lowest BCUT2D eigenvalue weighted by Gasteiger charge is -2.49. The van der Waals surface area contributed by atoms with Crippen molar-refractivity contribution >= 4 is 23.5 Å². The van der Waals surface area contributed by atoms with Crippen LogP contribution in [-0.4, -0.2) is 47.9 Å². The molecule has 6 heteroatoms. The molecule has 1 fully saturated rings. The van der Waals surface area contributed by atoms with Crippen molar-refractivity contribution in [3.05, 3.63) is 29.8 Å². The number of amides is 4. The smallest absolute Gasteiger partial charge is 0.306 e. The molecule has 0 bridgehead atoms. The van der Waals surface area contributed by atoms with Gasteiger partial charge in [0.2, 0.25) is 0 Å². The quantitative estimate of drug-likeness (QED) is 0.723. The summed E-state index contributed by atoms with van der Waals surface area (Å²) >= 11 is 0. The molecule has 4 amide bonds. The van der Waals surface area contributed by atoms with Crippen LogP contribution < -0.4 is 4.90 Å². The van der Waals surface area contributed by atoms with E-state index in [0.717, 1.165) is 4.90 Å². The predicted octanol–water partition coefficient (Wildman–Crippen LogP) is 1.77. The molecule has 2 heterocycles. The molecule has 0 saturated carbocycles. The summed E-state index contributed by atoms with van der Waals surface area (Å²) in [5, 5.41) is 0. The monoisotopic (exact) mass is 273 g/mol. The first-order valence-corrected chi connectivity index (χ1v) is 6.42. The Hall–Kier alpha value is -2.37. The summed E-state index contributed by atoms with van der Waals surface area (Å²) in [4.78, 5) is 40.9. The largest absolute Gasteiger partial charge is 0.334 e. The van der Waals surface area contributed by atoms with Crippen molar-refractivity contribution < 1.29 is 14.4 Å². The lowest BCUT2D eigenvalue weighted by atomic mass is 9.88. The number of imide groups is 1. The van der Waals surface area contributed by atoms with Crippen molar-refractivity contribution in [2.24, 2.45) is 5.92 Å². The maximum atomic E-state index is 12.4. The number of para-hydroxylation sites is 1. The van der Waals surface area contributed by atoms with Gasteiger partial charge < -0.3 is 4.90 Å². The van der Waals surface area contributed by atoms with Crippen molar-refractivity contribution in [1.82, 2.24) is 9.80 Å². The SMILES string of the molecule is CC1C(=O)c2ccccc2N2C(=O)N(C)C(=O)N(C)C12. The number of hydrogen-bond acceptors (Lipinski definition) is 3. The van der Waals surface area contributed by atoms with Gasteiger partial charge in [0.05, 0.1) is 11.6 Å². The highest BCUT2D eigenvalue weighted by Crippen LogP contribution is 2.37. The van der Waals surface area contributed by atoms with Gasteiger partial charge in [0.25, 0.3) is 0 Å². The van der Waals surface area contributed by atoms with E-state index in [9.17, 15) is 14.4 Å². The first-order chi connectivity index (χ1) is 9.45. The number of hydrogen-bond donors (Lipinski definition) is 0. The van der Waals surface area contributed by atoms with Crippen molar-refractivity contribution in [1.29, 1.82) is 0 Å². The average molecular weight is 273 g/mol. The molecule has 0 radical (unpaired) electrons. The Kier molecular flexibility index (Phi) is 2.57. The first-order valence-electron chi connectivity index (χ1n) is 6.42. The Morgan fingerprint density at radius 1 is 1.00 bits per heavy atom. The van der Waals surface area contributed by atoms with Crippen molar-refractivity contribution in [2.45, 2.75) is 13.1 Å². The maximum absolute atomic E-state index is 12.4. The van der Waals surface area contributed by atoms with Crippen LogP contribution in [0.3, 0.4) is 0 Å². The second-order valence-electron chi connectivity index (χ2n) is 5.19. The molecule has 1 aromatic rings. The van der Waals surface area contributed by atoms with Crippen molar-refractivity contribution in [2.75, 3.05) is 19.0 Å². The molecule has 104 valence electrons. The van der Waals surface area contributed by atoms with Crippen molar-refractivity contribution in [3.63, 3.8) is 0 Å². The number of ketones is 1. The van der Waals surface area contributed by atoms with Crippen LogP contribution in [0.15, 0.2) is 24.3 Å². The summed E-state index contributed by atoms with van der Waals surface area (Å²) in [6.07, 6.45) is -0.561. The van der Waals surface area contributed by atoms with Crippen LogP contribution in [0, 0.1) is 5.92 Å². The summed E-state index contributed by atoms with van der Waals surface area (Å²) in [6.45, 7) is 1.75. The Bertz CT molecular complexity index is 628. The minimum Gasteiger partial charge on any atom is -0.306 e. The second-order valence-corrected chi connectivity index (χ2v) is 5.19. The summed E-state index contributed by atoms with van der Waals surface area (Å²) in [5.74, 6) is -0.490. The van der Waals surface area contributed by atoms with Gasteiger partial charge in [-0.15, -0.1) is 0 Å². The number of carbonyl (C=O) groups excluding carboxylic acids is 3. The predicted molar refractivity (Wildman–Crippen MR) is 72.5 cm³/mol. The second kappa shape index (κ2) is 4.06. The van der Waals surface area contributed by atoms with E-state index in [2.05, 4.69) is 0 Å². The topological polar surface area (TPSA) is 60.9 Å². The van der Waals surface area contributed by atoms with Gasteiger partial charge in [-0.05, 0) is 12.1 Å². The van der Waals surface area contributed by atoms with Gasteiger partial charge in [0.15, 0.2) is 5.78 Å². The summed E-state index contributed by atoms with van der Waals surface area (Å²) in [7, 11) is 3.06. The van der Waals surface area contributed by atoms with Gasteiger partial charge in [0, 0.05) is 19.7 Å². The lowest BCUT2D eigenvalue weighted by molar-refractivity contribution is 0.0783. The molecule has 20 heavy (non-hydrogen) atoms. The molecule has 1 saturated heterocycles. The zero-order valence-electron chi connectivity index (χ0n) is 11.5. The molecule has 3 rings (SSSR count). The fourth-order valence-corrected chi connectivity index (χ4v) is 2.96. The van der Waals surface area contributed by atoms with E-state index in [4.69, 9.17) is 0 Å². The highest BCUT2D eigenvalue weighted by atomic mass is 16.2. The van der Waals surface area contributed by atoms with E-state index in [-0.39, 0.29) is 5.78 Å². The van der Waals surface area contributed by atoms with E-state index in [1.807, 2.05) is 0 Å². The number of fused-ring (bicyclic) bond motifs is 3. The molecule has 0 spiro atoms. The van der Waals surface area contributed by atoms with Crippen LogP contribution in [0.1, 0.15) is 17.3 Å². The fraction of sp³-hybridized carbons (Fsp3) is 0.357. The Labute approximate surface area is 116 Å². The van der Waals surface area contributed by atoms with Gasteiger partial charge in [-0.3, -0.25) is 9.69 Å². The number of Topliss-reactive ketones (excluding diaryl/α,β-unsaturated/α-hetero) is 1. The third-order valence-electron chi connectivity index (χ3n) is 4.03. The molecule has 6 nitrogen and oxygen atoms in total. The fourth-order valence-electron chi connectivity index (χ4n) is 2.96. The van der Waals surface area contributed by atoms with Gasteiger partial charge in [-0.1, -0.05) is 19.1 Å². The van der Waals surface area contributed by atoms with Gasteiger partial charge in [-0.25, -0.2) is 14.5 Å². The lowest BCUT2D eigenvalue weighted by Crippen LogP contribution is -2.68. The van der Waals surface area contributed by atoms with E-state index in [1.165, 1.54) is 16.8 Å². The number of carbonyl (C=O) groups is 3. The number of nitrogens with zero attached hydrogens (tertiary/aromatic N) is 3. The molecule has 0 aromatic heterocycles. The molecular weight excluding hydrogens is 258 g/mol. The van der Waals surface area contributed by atoms with Crippen LogP contribution in [0.5, 0.6) is 0 Å². The molecule has 0 aliphatic carbocycles. The third kappa shape index (κ3) is 1.41. The average Bonchev–Trinajstić information content (AvgIpc) is 2.46. The van der Waals surface area contributed by atoms with Crippen molar-refractivity contribution in [3.8, 4) is 0 Å². The van der Waals surface area contributed by atoms with Gasteiger partial charge in [-0.2, -0.15) is 0 Å². The molecule has 2 atom stereocenters. The van der Waals surface area contributed by atoms with E-state index < -0.39 is 24.1 Å². The molecule has 2 aliphatic heterocycles. The summed E-state index contributed by atoms with van der Waals surface area (Å²) in [5.41, 5.74) is 1.09. The Balaban J connectivity index is 2.21. The highest BCUT2D eigenvalue weighted by Gasteiger charge is 2.49. The van der Waals surface area contributed by atoms with Crippen LogP contribution in [0.4, 0.5) is 15.3 Å². The van der Waals surface area contributed by atoms with E-state index >= 15 is 0 Å². The van der Waals surface area contributed by atoms with E-state index in [0.29, 0.717) is 11.3 Å². The molecule has 0 N–H and O–H groups in total. The zero-order chi connectivity index (χ0) is 14.6. The molecule has 2 unspecified atom stereocenters. The Morgan fingerprint density at radius 3 is 2.35 bits per heavy atom. The number of anilines is 1. The van der Waals surface area contributed by atoms with Crippen LogP contribution in [-0.2, 0) is 0 Å². The molecular formula is C14H15N3O3. The van der Waals surface area contributed by atoms with Crippen LogP contribution in [0.25, 0.3) is 0 Å². The van der Waals surface area contributed by atoms with Crippen LogP contribution >= 0.6 is 0 Å². The zero-order valence-corrected chi connectivity index (χ0v) is 11.5. The minimum absolute atomic E-state index is 0.0427. The Morgan fingerprint density at radius 2 is 1.65 bits per heavy atom. The summed E-state index contributed by atoms with van der Waals surface area (Å²) < 4.78 is 0. The maximum Gasteiger partial charge on any atom is 0.334 e. The van der Waals surface area contributed by atoms with Gasteiger partial charge >= 0.3 is 12.1 Å². The third-order valence-corrected chi connectivity index (χ3v) is 4.03. The number of benzene rings is 1. The molecule has 2 aliphatic rings. The van der Waals surface area contributed by atoms with Gasteiger partial charge in [0.1, 0.15) is 6.17 Å². The van der Waals surface area contributed by atoms with Crippen LogP contribution in [0.2, 0.25) is 0 Å². The number of rotatable bonds is 0. The highest BCUT2D eigenvalue weighted by molar-refractivity contribution is 6.14. The molecule has 1 aromatic carbocycles. The number of urea groups is 2. The normalized spacial score (nSPS) is 25.8.